The van der Waals surface area contributed by atoms with Crippen LogP contribution in [0.4, 0.5) is 0 Å². The van der Waals surface area contributed by atoms with Crippen molar-refractivity contribution >= 4 is 0 Å². The summed E-state index contributed by atoms with van der Waals surface area (Å²) in [5.41, 5.74) is 6.32. The SMILES string of the molecule is CC(C)C1CC2(CCO1)CC2CN. The molecule has 2 N–H and O–H groups in total. The highest BCUT2D eigenvalue weighted by atomic mass is 16.5. The molecule has 0 aromatic heterocycles. The highest BCUT2D eigenvalue weighted by molar-refractivity contribution is 5.05. The average molecular weight is 183 g/mol. The summed E-state index contributed by atoms with van der Waals surface area (Å²) < 4.78 is 5.77. The van der Waals surface area contributed by atoms with E-state index in [1.807, 2.05) is 0 Å². The Morgan fingerprint density at radius 2 is 2.23 bits per heavy atom. The van der Waals surface area contributed by atoms with Gasteiger partial charge < -0.3 is 10.5 Å². The highest BCUT2D eigenvalue weighted by Gasteiger charge is 2.55. The lowest BCUT2D eigenvalue weighted by atomic mass is 9.86. The molecule has 0 radical (unpaired) electrons. The van der Waals surface area contributed by atoms with Crippen LogP contribution < -0.4 is 5.73 Å². The van der Waals surface area contributed by atoms with Gasteiger partial charge in [0, 0.05) is 6.61 Å². The van der Waals surface area contributed by atoms with Crippen LogP contribution in [0.3, 0.4) is 0 Å². The van der Waals surface area contributed by atoms with E-state index in [0.717, 1.165) is 19.1 Å². The molecule has 1 aliphatic carbocycles. The van der Waals surface area contributed by atoms with Gasteiger partial charge in [0.1, 0.15) is 0 Å². The molecule has 1 heterocycles. The van der Waals surface area contributed by atoms with E-state index in [0.29, 0.717) is 17.4 Å². The molecule has 0 aromatic rings. The Bertz CT molecular complexity index is 193. The summed E-state index contributed by atoms with van der Waals surface area (Å²) in [6.45, 7) is 6.34. The average Bonchev–Trinajstić information content (AvgIpc) is 2.78. The van der Waals surface area contributed by atoms with Crippen LogP contribution in [0.5, 0.6) is 0 Å². The van der Waals surface area contributed by atoms with Crippen LogP contribution in [-0.2, 0) is 4.74 Å². The lowest BCUT2D eigenvalue weighted by molar-refractivity contribution is -0.0442. The molecule has 13 heavy (non-hydrogen) atoms. The third-order valence-corrected chi connectivity index (χ3v) is 3.93. The molecular formula is C11H21NO. The molecule has 3 unspecified atom stereocenters. The number of ether oxygens (including phenoxy) is 1. The summed E-state index contributed by atoms with van der Waals surface area (Å²) in [4.78, 5) is 0. The smallest absolute Gasteiger partial charge is 0.0603 e. The van der Waals surface area contributed by atoms with Crippen LogP contribution in [0.15, 0.2) is 0 Å². The molecule has 1 aliphatic heterocycles. The molecule has 2 heteroatoms. The number of hydrogen-bond donors (Lipinski definition) is 1. The minimum Gasteiger partial charge on any atom is -0.378 e. The summed E-state index contributed by atoms with van der Waals surface area (Å²) in [5, 5.41) is 0. The molecule has 1 spiro atoms. The van der Waals surface area contributed by atoms with Crippen LogP contribution in [0.2, 0.25) is 0 Å². The predicted octanol–water partition coefficient (Wildman–Crippen LogP) is 1.79. The Morgan fingerprint density at radius 3 is 2.77 bits per heavy atom. The van der Waals surface area contributed by atoms with E-state index in [2.05, 4.69) is 13.8 Å². The van der Waals surface area contributed by atoms with Crippen molar-refractivity contribution in [2.45, 2.75) is 39.2 Å². The molecule has 1 saturated carbocycles. The summed E-state index contributed by atoms with van der Waals surface area (Å²) in [6.07, 6.45) is 4.35. The van der Waals surface area contributed by atoms with Gasteiger partial charge in [-0.15, -0.1) is 0 Å². The molecule has 0 aromatic carbocycles. The van der Waals surface area contributed by atoms with Crippen molar-refractivity contribution < 1.29 is 4.74 Å². The third-order valence-electron chi connectivity index (χ3n) is 3.93. The third kappa shape index (κ3) is 1.62. The molecular weight excluding hydrogens is 162 g/mol. The van der Waals surface area contributed by atoms with Gasteiger partial charge in [0.2, 0.25) is 0 Å². The summed E-state index contributed by atoms with van der Waals surface area (Å²) >= 11 is 0. The Hall–Kier alpha value is -0.0800. The van der Waals surface area contributed by atoms with Gasteiger partial charge in [-0.2, -0.15) is 0 Å². The zero-order valence-electron chi connectivity index (χ0n) is 8.75. The van der Waals surface area contributed by atoms with Gasteiger partial charge >= 0.3 is 0 Å². The van der Waals surface area contributed by atoms with E-state index in [1.165, 1.54) is 19.3 Å². The van der Waals surface area contributed by atoms with Crippen LogP contribution in [0, 0.1) is 17.3 Å². The van der Waals surface area contributed by atoms with Gasteiger partial charge in [-0.1, -0.05) is 13.8 Å². The fraction of sp³-hybridized carbons (Fsp3) is 1.00. The minimum atomic E-state index is 0.491. The number of rotatable bonds is 2. The first kappa shape index (κ1) is 9.47. The van der Waals surface area contributed by atoms with E-state index in [4.69, 9.17) is 10.5 Å². The standard InChI is InChI=1S/C11H21NO/c1-8(2)10-6-11(3-4-13-10)5-9(11)7-12/h8-10H,3-7,12H2,1-2H3. The van der Waals surface area contributed by atoms with Gasteiger partial charge in [0.05, 0.1) is 6.10 Å². The largest absolute Gasteiger partial charge is 0.378 e. The van der Waals surface area contributed by atoms with Gasteiger partial charge in [-0.25, -0.2) is 0 Å². The molecule has 0 bridgehead atoms. The van der Waals surface area contributed by atoms with Crippen LogP contribution >= 0.6 is 0 Å². The maximum absolute atomic E-state index is 5.77. The van der Waals surface area contributed by atoms with E-state index in [9.17, 15) is 0 Å². The summed E-state index contributed by atoms with van der Waals surface area (Å²) in [7, 11) is 0. The van der Waals surface area contributed by atoms with Gasteiger partial charge in [0.25, 0.3) is 0 Å². The van der Waals surface area contributed by atoms with Crippen molar-refractivity contribution in [1.29, 1.82) is 0 Å². The summed E-state index contributed by atoms with van der Waals surface area (Å²) in [5.74, 6) is 1.47. The van der Waals surface area contributed by atoms with Crippen molar-refractivity contribution in [3.8, 4) is 0 Å². The molecule has 76 valence electrons. The van der Waals surface area contributed by atoms with E-state index < -0.39 is 0 Å². The maximum atomic E-state index is 5.77. The zero-order valence-corrected chi connectivity index (χ0v) is 8.75. The second-order valence-electron chi connectivity index (χ2n) is 5.11. The Balaban J connectivity index is 1.94. The highest BCUT2D eigenvalue weighted by Crippen LogP contribution is 2.60. The Morgan fingerprint density at radius 1 is 1.46 bits per heavy atom. The molecule has 3 atom stereocenters. The summed E-state index contributed by atoms with van der Waals surface area (Å²) in [6, 6.07) is 0. The fourth-order valence-corrected chi connectivity index (χ4v) is 2.72. The topological polar surface area (TPSA) is 35.2 Å². The van der Waals surface area contributed by atoms with Crippen LogP contribution in [0.25, 0.3) is 0 Å². The fourth-order valence-electron chi connectivity index (χ4n) is 2.72. The van der Waals surface area contributed by atoms with Gasteiger partial charge in [-0.05, 0) is 43.1 Å². The normalized spacial score (nSPS) is 44.3. The first-order chi connectivity index (χ1) is 6.18. The molecule has 2 fully saturated rings. The molecule has 2 nitrogen and oxygen atoms in total. The first-order valence-electron chi connectivity index (χ1n) is 5.49. The Labute approximate surface area is 80.8 Å². The number of nitrogens with two attached hydrogens (primary N) is 1. The van der Waals surface area contributed by atoms with Crippen molar-refractivity contribution in [3.63, 3.8) is 0 Å². The van der Waals surface area contributed by atoms with Crippen LogP contribution in [0.1, 0.15) is 33.1 Å². The molecule has 0 amide bonds. The molecule has 1 saturated heterocycles. The molecule has 2 aliphatic rings. The quantitative estimate of drug-likeness (QED) is 0.708. The lowest BCUT2D eigenvalue weighted by Gasteiger charge is -2.33. The zero-order chi connectivity index (χ0) is 9.47. The Kier molecular flexibility index (Phi) is 2.37. The predicted molar refractivity (Wildman–Crippen MR) is 53.4 cm³/mol. The van der Waals surface area contributed by atoms with Gasteiger partial charge in [-0.3, -0.25) is 0 Å². The van der Waals surface area contributed by atoms with Gasteiger partial charge in [0.15, 0.2) is 0 Å². The van der Waals surface area contributed by atoms with Crippen molar-refractivity contribution in [2.75, 3.05) is 13.2 Å². The van der Waals surface area contributed by atoms with E-state index in [1.54, 1.807) is 0 Å². The minimum absolute atomic E-state index is 0.491. The molecule has 2 rings (SSSR count). The van der Waals surface area contributed by atoms with E-state index in [-0.39, 0.29) is 0 Å². The lowest BCUT2D eigenvalue weighted by Crippen LogP contribution is -2.32. The number of hydrogen-bond acceptors (Lipinski definition) is 2. The van der Waals surface area contributed by atoms with Crippen molar-refractivity contribution in [3.05, 3.63) is 0 Å². The second-order valence-corrected chi connectivity index (χ2v) is 5.11. The first-order valence-corrected chi connectivity index (χ1v) is 5.49. The van der Waals surface area contributed by atoms with Crippen LogP contribution in [-0.4, -0.2) is 19.3 Å². The van der Waals surface area contributed by atoms with Crippen molar-refractivity contribution in [2.24, 2.45) is 23.0 Å². The second kappa shape index (κ2) is 3.25. The monoisotopic (exact) mass is 183 g/mol. The maximum Gasteiger partial charge on any atom is 0.0603 e. The van der Waals surface area contributed by atoms with E-state index >= 15 is 0 Å². The van der Waals surface area contributed by atoms with Crippen molar-refractivity contribution in [1.82, 2.24) is 0 Å².